The van der Waals surface area contributed by atoms with Gasteiger partial charge in [-0.25, -0.2) is 0 Å². The molecule has 0 aliphatic rings. The van der Waals surface area contributed by atoms with Crippen molar-refractivity contribution in [3.05, 3.63) is 58.9 Å². The molecule has 0 saturated heterocycles. The van der Waals surface area contributed by atoms with Crippen LogP contribution in [-0.2, 0) is 13.1 Å². The predicted octanol–water partition coefficient (Wildman–Crippen LogP) is 0.427. The zero-order valence-corrected chi connectivity index (χ0v) is 12.8. The Kier molecular flexibility index (Phi) is 7.37. The molecular weight excluding hydrogens is 295 g/mol. The fourth-order valence-corrected chi connectivity index (χ4v) is 2.02. The van der Waals surface area contributed by atoms with Crippen LogP contribution in [0.4, 0.5) is 0 Å². The monoisotopic (exact) mass is 311 g/mol. The average molecular weight is 312 g/mol. The first-order valence-electron chi connectivity index (χ1n) is 6.30. The number of rotatable bonds is 6. The molecule has 0 saturated carbocycles. The van der Waals surface area contributed by atoms with Gasteiger partial charge in [0.05, 0.1) is 6.61 Å². The molecule has 5 heteroatoms. The van der Waals surface area contributed by atoms with E-state index < -0.39 is 0 Å². The summed E-state index contributed by atoms with van der Waals surface area (Å²) in [4.78, 5) is 4.00. The molecule has 0 aliphatic heterocycles. The van der Waals surface area contributed by atoms with Crippen LogP contribution in [0, 0.1) is 0 Å². The van der Waals surface area contributed by atoms with Gasteiger partial charge >= 0.3 is 0 Å². The van der Waals surface area contributed by atoms with Crippen molar-refractivity contribution in [3.8, 4) is 5.75 Å². The SMILES string of the molecule is CCOc1ccc(Cl)cc1CNCc1ccncc1.[Cl-]. The third-order valence-electron chi connectivity index (χ3n) is 2.72. The number of halogens is 2. The molecule has 0 fully saturated rings. The number of aromatic nitrogens is 1. The van der Waals surface area contributed by atoms with E-state index >= 15 is 0 Å². The lowest BCUT2D eigenvalue weighted by Crippen LogP contribution is -3.00. The summed E-state index contributed by atoms with van der Waals surface area (Å²) in [7, 11) is 0. The van der Waals surface area contributed by atoms with Gasteiger partial charge in [0.25, 0.3) is 0 Å². The highest BCUT2D eigenvalue weighted by Gasteiger charge is 2.04. The van der Waals surface area contributed by atoms with Crippen LogP contribution in [0.2, 0.25) is 5.02 Å². The van der Waals surface area contributed by atoms with E-state index in [0.717, 1.165) is 29.4 Å². The number of pyridine rings is 1. The van der Waals surface area contributed by atoms with Gasteiger partial charge in [-0.05, 0) is 42.8 Å². The zero-order valence-electron chi connectivity index (χ0n) is 11.3. The first-order valence-corrected chi connectivity index (χ1v) is 6.68. The van der Waals surface area contributed by atoms with Gasteiger partial charge in [0.2, 0.25) is 0 Å². The Morgan fingerprint density at radius 1 is 1.15 bits per heavy atom. The number of hydrogen-bond acceptors (Lipinski definition) is 3. The van der Waals surface area contributed by atoms with Gasteiger partial charge in [0, 0.05) is 36.1 Å². The molecule has 0 spiro atoms. The Labute approximate surface area is 130 Å². The molecule has 1 heterocycles. The Bertz CT molecular complexity index is 521. The molecule has 2 aromatic rings. The maximum absolute atomic E-state index is 6.02. The number of nitrogens with one attached hydrogen (secondary N) is 1. The highest BCUT2D eigenvalue weighted by molar-refractivity contribution is 6.30. The topological polar surface area (TPSA) is 34.1 Å². The maximum atomic E-state index is 6.02. The molecule has 0 radical (unpaired) electrons. The van der Waals surface area contributed by atoms with Gasteiger partial charge in [-0.2, -0.15) is 0 Å². The third kappa shape index (κ3) is 5.00. The first-order chi connectivity index (χ1) is 9.29. The largest absolute Gasteiger partial charge is 1.00 e. The molecule has 0 amide bonds. The number of hydrogen-bond donors (Lipinski definition) is 1. The second-order valence-corrected chi connectivity index (χ2v) is 4.58. The van der Waals surface area contributed by atoms with E-state index in [1.165, 1.54) is 5.56 Å². The maximum Gasteiger partial charge on any atom is 0.123 e. The van der Waals surface area contributed by atoms with Gasteiger partial charge in [-0.15, -0.1) is 0 Å². The molecule has 1 N–H and O–H groups in total. The second kappa shape index (κ2) is 8.80. The lowest BCUT2D eigenvalue weighted by atomic mass is 10.2. The quantitative estimate of drug-likeness (QED) is 0.840. The fourth-order valence-electron chi connectivity index (χ4n) is 1.82. The van der Waals surface area contributed by atoms with Crippen molar-refractivity contribution >= 4 is 11.6 Å². The molecule has 2 rings (SSSR count). The average Bonchev–Trinajstić information content (AvgIpc) is 2.43. The summed E-state index contributed by atoms with van der Waals surface area (Å²) in [6, 6.07) is 9.68. The van der Waals surface area contributed by atoms with Crippen LogP contribution in [0.25, 0.3) is 0 Å². The minimum Gasteiger partial charge on any atom is -1.00 e. The van der Waals surface area contributed by atoms with Crippen LogP contribution in [0.3, 0.4) is 0 Å². The van der Waals surface area contributed by atoms with Crippen LogP contribution >= 0.6 is 11.6 Å². The van der Waals surface area contributed by atoms with Crippen LogP contribution in [0.1, 0.15) is 18.1 Å². The van der Waals surface area contributed by atoms with Crippen molar-refractivity contribution in [1.82, 2.24) is 10.3 Å². The molecule has 1 aromatic heterocycles. The normalized spacial score (nSPS) is 9.90. The fraction of sp³-hybridized carbons (Fsp3) is 0.267. The van der Waals surface area contributed by atoms with E-state index in [2.05, 4.69) is 10.3 Å². The van der Waals surface area contributed by atoms with Gasteiger partial charge in [-0.3, -0.25) is 4.98 Å². The number of benzene rings is 1. The number of ether oxygens (including phenoxy) is 1. The van der Waals surface area contributed by atoms with E-state index in [0.29, 0.717) is 6.61 Å². The van der Waals surface area contributed by atoms with Crippen molar-refractivity contribution in [2.24, 2.45) is 0 Å². The predicted molar refractivity (Wildman–Crippen MR) is 77.4 cm³/mol. The molecule has 20 heavy (non-hydrogen) atoms. The van der Waals surface area contributed by atoms with Gasteiger partial charge in [0.15, 0.2) is 0 Å². The first kappa shape index (κ1) is 16.8. The summed E-state index contributed by atoms with van der Waals surface area (Å²) >= 11 is 6.02. The Hall–Kier alpha value is -1.29. The van der Waals surface area contributed by atoms with Crippen LogP contribution < -0.4 is 22.5 Å². The molecule has 0 unspecified atom stereocenters. The molecule has 3 nitrogen and oxygen atoms in total. The zero-order chi connectivity index (χ0) is 13.5. The van der Waals surface area contributed by atoms with Crippen molar-refractivity contribution < 1.29 is 17.1 Å². The van der Waals surface area contributed by atoms with Crippen molar-refractivity contribution in [3.63, 3.8) is 0 Å². The minimum atomic E-state index is 0. The molecule has 108 valence electrons. The van der Waals surface area contributed by atoms with Crippen LogP contribution in [0.15, 0.2) is 42.7 Å². The molecule has 0 aliphatic carbocycles. The van der Waals surface area contributed by atoms with E-state index in [1.54, 1.807) is 12.4 Å². The minimum absolute atomic E-state index is 0. The van der Waals surface area contributed by atoms with Crippen molar-refractivity contribution in [2.75, 3.05) is 6.61 Å². The summed E-state index contributed by atoms with van der Waals surface area (Å²) in [6.07, 6.45) is 3.59. The summed E-state index contributed by atoms with van der Waals surface area (Å²) in [5.74, 6) is 0.883. The summed E-state index contributed by atoms with van der Waals surface area (Å²) in [6.45, 7) is 4.14. The highest BCUT2D eigenvalue weighted by atomic mass is 35.5. The van der Waals surface area contributed by atoms with E-state index in [-0.39, 0.29) is 12.4 Å². The van der Waals surface area contributed by atoms with E-state index in [4.69, 9.17) is 16.3 Å². The Balaban J connectivity index is 0.00000200. The lowest BCUT2D eigenvalue weighted by Gasteiger charge is -2.11. The van der Waals surface area contributed by atoms with Crippen molar-refractivity contribution in [1.29, 1.82) is 0 Å². The Morgan fingerprint density at radius 3 is 2.60 bits per heavy atom. The second-order valence-electron chi connectivity index (χ2n) is 4.14. The third-order valence-corrected chi connectivity index (χ3v) is 2.95. The van der Waals surface area contributed by atoms with E-state index in [9.17, 15) is 0 Å². The van der Waals surface area contributed by atoms with Gasteiger partial charge < -0.3 is 22.5 Å². The standard InChI is InChI=1S/C15H17ClN2O.ClH/c1-2-19-15-4-3-14(16)9-13(15)11-18-10-12-5-7-17-8-6-12;/h3-9,18H,2,10-11H2,1H3;1H/p-1. The Morgan fingerprint density at radius 2 is 1.90 bits per heavy atom. The molecule has 0 bridgehead atoms. The molecule has 0 atom stereocenters. The smallest absolute Gasteiger partial charge is 0.123 e. The number of nitrogens with zero attached hydrogens (tertiary/aromatic N) is 1. The summed E-state index contributed by atoms with van der Waals surface area (Å²) in [5.41, 5.74) is 2.28. The van der Waals surface area contributed by atoms with E-state index in [1.807, 2.05) is 37.3 Å². The summed E-state index contributed by atoms with van der Waals surface area (Å²) < 4.78 is 5.59. The van der Waals surface area contributed by atoms with Gasteiger partial charge in [0.1, 0.15) is 5.75 Å². The van der Waals surface area contributed by atoms with Crippen LogP contribution in [0.5, 0.6) is 5.75 Å². The summed E-state index contributed by atoms with van der Waals surface area (Å²) in [5, 5.41) is 4.10. The van der Waals surface area contributed by atoms with Gasteiger partial charge in [-0.1, -0.05) is 11.6 Å². The molecule has 1 aromatic carbocycles. The van der Waals surface area contributed by atoms with Crippen LogP contribution in [-0.4, -0.2) is 11.6 Å². The van der Waals surface area contributed by atoms with Crippen molar-refractivity contribution in [2.45, 2.75) is 20.0 Å². The lowest BCUT2D eigenvalue weighted by molar-refractivity contribution is -0.00000441. The highest BCUT2D eigenvalue weighted by Crippen LogP contribution is 2.22. The molecular formula is C15H17Cl2N2O-.